The second kappa shape index (κ2) is 11.7. The Balaban J connectivity index is 0. The van der Waals surface area contributed by atoms with Gasteiger partial charge in [-0.2, -0.15) is 0 Å². The molecule has 0 fully saturated rings. The normalized spacial score (nSPS) is 9.31. The molecule has 0 N–H and O–H groups in total. The van der Waals surface area contributed by atoms with Gasteiger partial charge in [-0.1, -0.05) is 32.4 Å². The summed E-state index contributed by atoms with van der Waals surface area (Å²) in [5.74, 6) is 0. The van der Waals surface area contributed by atoms with E-state index in [2.05, 4.69) is 39.8 Å². The van der Waals surface area contributed by atoms with E-state index in [9.17, 15) is 0 Å². The number of hydrogen-bond acceptors (Lipinski definition) is 0. The highest BCUT2D eigenvalue weighted by Gasteiger charge is 2.20. The molecule has 0 bridgehead atoms. The Morgan fingerprint density at radius 1 is 0.625 bits per heavy atom. The lowest BCUT2D eigenvalue weighted by molar-refractivity contribution is -0.906. The smallest absolute Gasteiger partial charge is 0.0978 e. The maximum Gasteiger partial charge on any atom is 0.0978 e. The van der Waals surface area contributed by atoms with Crippen LogP contribution in [0.4, 0.5) is 0 Å². The van der Waals surface area contributed by atoms with Crippen LogP contribution in [0.15, 0.2) is 63.3 Å². The molecule has 0 unspecified atom stereocenters. The first-order valence-electron chi connectivity index (χ1n) is 5.35. The van der Waals surface area contributed by atoms with E-state index in [-0.39, 0.29) is 0 Å². The topological polar surface area (TPSA) is 0 Å². The standard InChI is InChI=1S/C12H20N.C3H5/c1-5-9-13(10-6-2,11-7-3)12-8-4;1-3-2/h5-8H,1-4,9-12H2;3H,1-2H2/q+1;. The molecule has 0 saturated carbocycles. The predicted molar refractivity (Wildman–Crippen MR) is 76.1 cm³/mol. The monoisotopic (exact) mass is 219 g/mol. The molecule has 0 aromatic carbocycles. The molecule has 16 heavy (non-hydrogen) atoms. The van der Waals surface area contributed by atoms with E-state index < -0.39 is 0 Å². The quantitative estimate of drug-likeness (QED) is 0.432. The van der Waals surface area contributed by atoms with Crippen LogP contribution in [0.5, 0.6) is 0 Å². The van der Waals surface area contributed by atoms with Gasteiger partial charge in [0.1, 0.15) is 0 Å². The Hall–Kier alpha value is -1.34. The summed E-state index contributed by atoms with van der Waals surface area (Å²) < 4.78 is 0.903. The van der Waals surface area contributed by atoms with E-state index in [1.54, 1.807) is 0 Å². The molecule has 0 atom stereocenters. The lowest BCUT2D eigenvalue weighted by Crippen LogP contribution is -2.48. The Morgan fingerprint density at radius 3 is 0.938 bits per heavy atom. The molecule has 0 amide bonds. The summed E-state index contributed by atoms with van der Waals surface area (Å²) in [6.07, 6.45) is 9.26. The summed E-state index contributed by atoms with van der Waals surface area (Å²) in [5, 5.41) is 0. The first-order valence-corrected chi connectivity index (χ1v) is 5.35. The van der Waals surface area contributed by atoms with Crippen molar-refractivity contribution in [2.45, 2.75) is 0 Å². The second-order valence-corrected chi connectivity index (χ2v) is 3.52. The van der Waals surface area contributed by atoms with E-state index in [4.69, 9.17) is 0 Å². The van der Waals surface area contributed by atoms with Crippen LogP contribution in [0.2, 0.25) is 0 Å². The van der Waals surface area contributed by atoms with Gasteiger partial charge in [-0.25, -0.2) is 0 Å². The van der Waals surface area contributed by atoms with Gasteiger partial charge >= 0.3 is 0 Å². The Morgan fingerprint density at radius 2 is 0.812 bits per heavy atom. The van der Waals surface area contributed by atoms with Gasteiger partial charge in [0.05, 0.1) is 26.2 Å². The summed E-state index contributed by atoms with van der Waals surface area (Å²) in [7, 11) is 0. The first kappa shape index (κ1) is 17.1. The molecule has 0 aliphatic carbocycles. The van der Waals surface area contributed by atoms with E-state index >= 15 is 0 Å². The fourth-order valence-corrected chi connectivity index (χ4v) is 1.54. The van der Waals surface area contributed by atoms with Crippen molar-refractivity contribution in [3.8, 4) is 0 Å². The third-order valence-electron chi connectivity index (χ3n) is 2.07. The van der Waals surface area contributed by atoms with E-state index in [0.717, 1.165) is 30.7 Å². The van der Waals surface area contributed by atoms with Crippen LogP contribution in [0.25, 0.3) is 0 Å². The summed E-state index contributed by atoms with van der Waals surface area (Å²) in [4.78, 5) is 0. The minimum Gasteiger partial charge on any atom is -0.311 e. The average molecular weight is 219 g/mol. The highest BCUT2D eigenvalue weighted by molar-refractivity contribution is 4.79. The Bertz CT molecular complexity index is 180. The van der Waals surface area contributed by atoms with Crippen molar-refractivity contribution in [1.82, 2.24) is 0 Å². The molecule has 89 valence electrons. The number of quaternary nitrogens is 1. The zero-order chi connectivity index (χ0) is 12.9. The van der Waals surface area contributed by atoms with Gasteiger partial charge in [0.15, 0.2) is 0 Å². The van der Waals surface area contributed by atoms with Crippen LogP contribution in [-0.2, 0) is 0 Å². The summed E-state index contributed by atoms with van der Waals surface area (Å²) >= 11 is 0. The molecule has 0 rings (SSSR count). The van der Waals surface area contributed by atoms with Gasteiger partial charge in [0, 0.05) is 0 Å². The number of nitrogens with zero attached hydrogens (tertiary/aromatic N) is 1. The van der Waals surface area contributed by atoms with Gasteiger partial charge in [0.25, 0.3) is 0 Å². The van der Waals surface area contributed by atoms with Gasteiger partial charge < -0.3 is 4.48 Å². The maximum atomic E-state index is 3.77. The summed E-state index contributed by atoms with van der Waals surface area (Å²) in [6, 6.07) is 0. The lowest BCUT2D eigenvalue weighted by Gasteiger charge is -2.35. The molecule has 1 heteroatoms. The Labute approximate surface area is 101 Å². The SMILES string of the molecule is C=CC[N+](CC=C)(CC=C)CC=C.[CH2]C=C. The minimum absolute atomic E-state index is 0.903. The molecule has 0 aromatic rings. The summed E-state index contributed by atoms with van der Waals surface area (Å²) in [6.45, 7) is 25.3. The van der Waals surface area contributed by atoms with Crippen molar-refractivity contribution in [3.05, 3.63) is 70.2 Å². The average Bonchev–Trinajstić information content (AvgIpc) is 2.20. The van der Waals surface area contributed by atoms with Gasteiger partial charge in [-0.15, -0.1) is 6.58 Å². The molecular formula is C15H25N+. The molecular weight excluding hydrogens is 194 g/mol. The van der Waals surface area contributed by atoms with Crippen LogP contribution < -0.4 is 0 Å². The third-order valence-corrected chi connectivity index (χ3v) is 2.07. The molecule has 0 heterocycles. The van der Waals surface area contributed by atoms with Crippen LogP contribution in [-0.4, -0.2) is 30.7 Å². The fourth-order valence-electron chi connectivity index (χ4n) is 1.54. The van der Waals surface area contributed by atoms with Crippen molar-refractivity contribution in [3.63, 3.8) is 0 Å². The van der Waals surface area contributed by atoms with E-state index in [0.29, 0.717) is 0 Å². The van der Waals surface area contributed by atoms with Crippen molar-refractivity contribution < 1.29 is 4.48 Å². The zero-order valence-corrected chi connectivity index (χ0v) is 10.4. The van der Waals surface area contributed by atoms with Crippen LogP contribution in [0.3, 0.4) is 0 Å². The minimum atomic E-state index is 0.903. The molecule has 0 aliphatic rings. The highest BCUT2D eigenvalue weighted by atomic mass is 15.3. The predicted octanol–water partition coefficient (Wildman–Crippen LogP) is 3.55. The summed E-state index contributed by atoms with van der Waals surface area (Å²) in [5.41, 5.74) is 0. The fraction of sp³-hybridized carbons (Fsp3) is 0.267. The van der Waals surface area contributed by atoms with Gasteiger partial charge in [-0.3, -0.25) is 0 Å². The largest absolute Gasteiger partial charge is 0.311 e. The molecule has 0 aliphatic heterocycles. The Kier molecular flexibility index (Phi) is 12.5. The van der Waals surface area contributed by atoms with Crippen LogP contribution in [0, 0.1) is 6.92 Å². The molecule has 0 aromatic heterocycles. The van der Waals surface area contributed by atoms with Crippen molar-refractivity contribution in [1.29, 1.82) is 0 Å². The van der Waals surface area contributed by atoms with Crippen LogP contribution in [0.1, 0.15) is 0 Å². The molecule has 0 spiro atoms. The molecule has 1 nitrogen and oxygen atoms in total. The lowest BCUT2D eigenvalue weighted by atomic mass is 10.3. The van der Waals surface area contributed by atoms with Gasteiger partial charge in [-0.05, 0) is 31.2 Å². The first-order chi connectivity index (χ1) is 7.66. The van der Waals surface area contributed by atoms with Crippen LogP contribution >= 0.6 is 0 Å². The maximum absolute atomic E-state index is 3.77. The highest BCUT2D eigenvalue weighted by Crippen LogP contribution is 2.07. The number of allylic oxidation sites excluding steroid dienone is 1. The van der Waals surface area contributed by atoms with Crippen molar-refractivity contribution >= 4 is 0 Å². The van der Waals surface area contributed by atoms with Crippen molar-refractivity contribution in [2.24, 2.45) is 0 Å². The zero-order valence-electron chi connectivity index (χ0n) is 10.4. The number of rotatable bonds is 8. The molecule has 0 saturated heterocycles. The third kappa shape index (κ3) is 8.01. The van der Waals surface area contributed by atoms with Gasteiger partial charge in [0.2, 0.25) is 0 Å². The molecule has 1 radical (unpaired) electrons. The second-order valence-electron chi connectivity index (χ2n) is 3.52. The number of hydrogen-bond donors (Lipinski definition) is 0. The van der Waals surface area contributed by atoms with Crippen molar-refractivity contribution in [2.75, 3.05) is 26.2 Å². The van der Waals surface area contributed by atoms with E-state index in [1.807, 2.05) is 24.3 Å². The van der Waals surface area contributed by atoms with E-state index in [1.165, 1.54) is 6.08 Å².